The highest BCUT2D eigenvalue weighted by atomic mass is 32.2. The molecule has 0 saturated heterocycles. The lowest BCUT2D eigenvalue weighted by Crippen LogP contribution is -3.14. The van der Waals surface area contributed by atoms with Crippen molar-refractivity contribution >= 4 is 33.0 Å². The van der Waals surface area contributed by atoms with Crippen molar-refractivity contribution in [1.82, 2.24) is 4.72 Å². The zero-order valence-corrected chi connectivity index (χ0v) is 17.8. The van der Waals surface area contributed by atoms with E-state index in [1.165, 1.54) is 41.3 Å². The Kier molecular flexibility index (Phi) is 5.30. The van der Waals surface area contributed by atoms with E-state index in [9.17, 15) is 13.2 Å². The molecule has 0 radical (unpaired) electrons. The van der Waals surface area contributed by atoms with Gasteiger partial charge >= 0.3 is 0 Å². The van der Waals surface area contributed by atoms with Crippen LogP contribution in [0.1, 0.15) is 34.9 Å². The number of fused-ring (bicyclic) bond motifs is 1. The largest absolute Gasteiger partial charge is 0.321 e. The third-order valence-corrected chi connectivity index (χ3v) is 8.29. The van der Waals surface area contributed by atoms with Crippen molar-refractivity contribution in [1.29, 1.82) is 0 Å². The van der Waals surface area contributed by atoms with E-state index in [1.54, 1.807) is 19.1 Å². The molecule has 1 aromatic heterocycles. The molecule has 150 valence electrons. The Morgan fingerprint density at radius 3 is 2.79 bits per heavy atom. The molecule has 2 aromatic rings. The molecule has 2 atom stereocenters. The molecule has 2 heterocycles. The summed E-state index contributed by atoms with van der Waals surface area (Å²) in [7, 11) is -2.17. The zero-order chi connectivity index (χ0) is 19.9. The number of hydrogen-bond donors (Lipinski definition) is 3. The van der Waals surface area contributed by atoms with Gasteiger partial charge in [-0.25, -0.2) is 13.1 Å². The number of thiophene rings is 1. The fraction of sp³-hybridized carbons (Fsp3) is 0.450. The fourth-order valence-electron chi connectivity index (χ4n) is 4.18. The van der Waals surface area contributed by atoms with Crippen LogP contribution in [0.15, 0.2) is 34.5 Å². The molecule has 0 bridgehead atoms. The molecular formula is C20H26N3O3S2+. The number of carbonyl (C=O) groups is 1. The van der Waals surface area contributed by atoms with Gasteiger partial charge in [0.05, 0.1) is 11.4 Å². The predicted molar refractivity (Wildman–Crippen MR) is 110 cm³/mol. The van der Waals surface area contributed by atoms with Crippen molar-refractivity contribution in [3.63, 3.8) is 0 Å². The topological polar surface area (TPSA) is 79.7 Å². The second kappa shape index (κ2) is 7.59. The molecule has 2 aliphatic rings. The van der Waals surface area contributed by atoms with Crippen LogP contribution in [0.25, 0.3) is 0 Å². The van der Waals surface area contributed by atoms with Gasteiger partial charge < -0.3 is 10.2 Å². The second-order valence-corrected chi connectivity index (χ2v) is 10.5. The summed E-state index contributed by atoms with van der Waals surface area (Å²) >= 11 is 1.83. The maximum absolute atomic E-state index is 12.7. The summed E-state index contributed by atoms with van der Waals surface area (Å²) in [5.74, 6) is 0.610. The molecule has 3 N–H and O–H groups in total. The highest BCUT2D eigenvalue weighted by molar-refractivity contribution is 7.89. The minimum atomic E-state index is -3.56. The molecule has 28 heavy (non-hydrogen) atoms. The van der Waals surface area contributed by atoms with Crippen LogP contribution < -0.4 is 14.9 Å². The molecule has 0 spiro atoms. The number of amides is 1. The summed E-state index contributed by atoms with van der Waals surface area (Å²) in [5, 5.41) is 5.07. The van der Waals surface area contributed by atoms with E-state index in [0.29, 0.717) is 29.8 Å². The van der Waals surface area contributed by atoms with Gasteiger partial charge in [-0.2, -0.15) is 0 Å². The van der Waals surface area contributed by atoms with E-state index in [-0.39, 0.29) is 10.8 Å². The van der Waals surface area contributed by atoms with Crippen molar-refractivity contribution < 1.29 is 18.1 Å². The standard InChI is InChI=1S/C20H25N3O3S2/c1-13-3-6-15(11-18(13)28(25,26)21-2)22-19(24)12-23-9-7-17-16(8-10-27-17)20(23)14-4-5-14/h3,6,8,10-11,14,20-21H,4-5,7,9,12H2,1-2H3,(H,22,24)/p+1/t20-/m0/s1. The Bertz CT molecular complexity index is 996. The quantitative estimate of drug-likeness (QED) is 0.663. The van der Waals surface area contributed by atoms with Crippen LogP contribution in [0.4, 0.5) is 5.69 Å². The summed E-state index contributed by atoms with van der Waals surface area (Å²) in [4.78, 5) is 15.7. The van der Waals surface area contributed by atoms with Crippen molar-refractivity contribution in [2.24, 2.45) is 5.92 Å². The summed E-state index contributed by atoms with van der Waals surface area (Å²) in [6, 6.07) is 7.65. The van der Waals surface area contributed by atoms with Crippen molar-refractivity contribution in [2.75, 3.05) is 25.5 Å². The first-order valence-electron chi connectivity index (χ1n) is 9.64. The summed E-state index contributed by atoms with van der Waals surface area (Å²) in [6.45, 7) is 3.11. The van der Waals surface area contributed by atoms with Gasteiger partial charge in [-0.3, -0.25) is 4.79 Å². The lowest BCUT2D eigenvalue weighted by atomic mass is 9.96. The Hall–Kier alpha value is -1.74. The average Bonchev–Trinajstić information content (AvgIpc) is 3.39. The van der Waals surface area contributed by atoms with Gasteiger partial charge in [0, 0.05) is 28.5 Å². The van der Waals surface area contributed by atoms with Crippen LogP contribution in [0.3, 0.4) is 0 Å². The molecule has 1 fully saturated rings. The molecule has 1 unspecified atom stereocenters. The van der Waals surface area contributed by atoms with Crippen LogP contribution in [-0.2, 0) is 21.2 Å². The van der Waals surface area contributed by atoms with Crippen molar-refractivity contribution in [2.45, 2.75) is 37.1 Å². The van der Waals surface area contributed by atoms with E-state index in [1.807, 2.05) is 11.3 Å². The van der Waals surface area contributed by atoms with Crippen molar-refractivity contribution in [3.05, 3.63) is 45.6 Å². The van der Waals surface area contributed by atoms with Crippen LogP contribution >= 0.6 is 11.3 Å². The lowest BCUT2D eigenvalue weighted by Gasteiger charge is -2.32. The molecule has 6 nitrogen and oxygen atoms in total. The highest BCUT2D eigenvalue weighted by Crippen LogP contribution is 2.42. The normalized spacial score (nSPS) is 21.9. The summed E-state index contributed by atoms with van der Waals surface area (Å²) < 4.78 is 26.7. The fourth-order valence-corrected chi connectivity index (χ4v) is 6.11. The highest BCUT2D eigenvalue weighted by Gasteiger charge is 2.43. The number of sulfonamides is 1. The average molecular weight is 421 g/mol. The Labute approximate surface area is 170 Å². The third-order valence-electron chi connectivity index (χ3n) is 5.74. The number of rotatable bonds is 6. The van der Waals surface area contributed by atoms with Crippen LogP contribution in [-0.4, -0.2) is 34.5 Å². The van der Waals surface area contributed by atoms with E-state index >= 15 is 0 Å². The van der Waals surface area contributed by atoms with Crippen LogP contribution in [0.5, 0.6) is 0 Å². The van der Waals surface area contributed by atoms with E-state index in [2.05, 4.69) is 21.5 Å². The SMILES string of the molecule is CNS(=O)(=O)c1cc(NC(=O)C[NH+]2CCc3sccc3[C@@H]2C2CC2)ccc1C. The number of anilines is 1. The first-order valence-corrected chi connectivity index (χ1v) is 12.0. The van der Waals surface area contributed by atoms with Gasteiger partial charge in [0.15, 0.2) is 6.54 Å². The molecule has 1 amide bonds. The van der Waals surface area contributed by atoms with Gasteiger partial charge in [0.2, 0.25) is 10.0 Å². The Morgan fingerprint density at radius 2 is 2.07 bits per heavy atom. The molecule has 8 heteroatoms. The predicted octanol–water partition coefficient (Wildman–Crippen LogP) is 1.50. The summed E-state index contributed by atoms with van der Waals surface area (Å²) in [5.41, 5.74) is 2.59. The second-order valence-electron chi connectivity index (χ2n) is 7.69. The van der Waals surface area contributed by atoms with Gasteiger partial charge in [0.25, 0.3) is 5.91 Å². The number of benzene rings is 1. The Balaban J connectivity index is 1.49. The monoisotopic (exact) mass is 420 g/mol. The molecule has 1 aromatic carbocycles. The zero-order valence-electron chi connectivity index (χ0n) is 16.1. The number of hydrogen-bond acceptors (Lipinski definition) is 4. The molecular weight excluding hydrogens is 394 g/mol. The van der Waals surface area contributed by atoms with Gasteiger partial charge in [-0.05, 0) is 56.0 Å². The minimum Gasteiger partial charge on any atom is -0.321 e. The van der Waals surface area contributed by atoms with Gasteiger partial charge in [-0.1, -0.05) is 6.07 Å². The maximum Gasteiger partial charge on any atom is 0.279 e. The molecule has 1 aliphatic carbocycles. The smallest absolute Gasteiger partial charge is 0.279 e. The maximum atomic E-state index is 12.7. The van der Waals surface area contributed by atoms with Gasteiger partial charge in [0.1, 0.15) is 6.04 Å². The number of carbonyl (C=O) groups excluding carboxylic acids is 1. The first-order chi connectivity index (χ1) is 13.4. The molecule has 1 aliphatic heterocycles. The van der Waals surface area contributed by atoms with E-state index in [0.717, 1.165) is 13.0 Å². The lowest BCUT2D eigenvalue weighted by molar-refractivity contribution is -0.928. The number of nitrogens with one attached hydrogen (secondary N) is 3. The first kappa shape index (κ1) is 19.6. The number of quaternary nitrogens is 1. The third kappa shape index (κ3) is 3.87. The van der Waals surface area contributed by atoms with E-state index in [4.69, 9.17) is 0 Å². The van der Waals surface area contributed by atoms with E-state index < -0.39 is 10.0 Å². The van der Waals surface area contributed by atoms with Crippen LogP contribution in [0.2, 0.25) is 0 Å². The minimum absolute atomic E-state index is 0.0732. The molecule has 4 rings (SSSR count). The van der Waals surface area contributed by atoms with Crippen molar-refractivity contribution in [3.8, 4) is 0 Å². The molecule has 1 saturated carbocycles. The van der Waals surface area contributed by atoms with Crippen LogP contribution in [0, 0.1) is 12.8 Å². The van der Waals surface area contributed by atoms with Gasteiger partial charge in [-0.15, -0.1) is 11.3 Å². The Morgan fingerprint density at radius 1 is 1.29 bits per heavy atom. The summed E-state index contributed by atoms with van der Waals surface area (Å²) in [6.07, 6.45) is 3.51. The number of aryl methyl sites for hydroxylation is 1.